The van der Waals surface area contributed by atoms with Gasteiger partial charge >= 0.3 is 0 Å². The Morgan fingerprint density at radius 2 is 1.89 bits per heavy atom. The monoisotopic (exact) mass is 499 g/mol. The topological polar surface area (TPSA) is 121 Å². The van der Waals surface area contributed by atoms with Gasteiger partial charge in [0.1, 0.15) is 23.6 Å². The summed E-state index contributed by atoms with van der Waals surface area (Å²) < 4.78 is 14.2. The number of aromatic nitrogens is 2. The number of halogens is 1. The molecular weight excluding hydrogens is 473 g/mol. The fourth-order valence-corrected chi connectivity index (χ4v) is 6.08. The van der Waals surface area contributed by atoms with Gasteiger partial charge in [-0.25, -0.2) is 4.39 Å². The molecule has 1 saturated carbocycles. The van der Waals surface area contributed by atoms with Crippen molar-refractivity contribution in [3.05, 3.63) is 78.0 Å². The number of primary amides is 1. The van der Waals surface area contributed by atoms with Gasteiger partial charge in [-0.3, -0.25) is 19.4 Å². The van der Waals surface area contributed by atoms with Crippen LogP contribution in [-0.2, 0) is 9.59 Å². The first-order chi connectivity index (χ1) is 17.7. The van der Waals surface area contributed by atoms with Gasteiger partial charge in [-0.15, -0.1) is 0 Å². The molecule has 9 heteroatoms. The minimum absolute atomic E-state index is 0.0725. The second kappa shape index (κ2) is 8.12. The average Bonchev–Trinajstić information content (AvgIpc) is 3.25. The summed E-state index contributed by atoms with van der Waals surface area (Å²) in [4.78, 5) is 48.5. The fraction of sp³-hybridized carbons (Fsp3) is 0.286. The van der Waals surface area contributed by atoms with E-state index in [1.165, 1.54) is 17.2 Å². The van der Waals surface area contributed by atoms with E-state index >= 15 is 0 Å². The molecule has 1 saturated heterocycles. The van der Waals surface area contributed by atoms with Crippen molar-refractivity contribution in [1.29, 1.82) is 0 Å². The van der Waals surface area contributed by atoms with Crippen LogP contribution in [0.3, 0.4) is 0 Å². The molecule has 188 valence electrons. The molecule has 2 aromatic carbocycles. The number of piperidine rings is 1. The van der Waals surface area contributed by atoms with E-state index in [0.29, 0.717) is 17.5 Å². The first kappa shape index (κ1) is 23.1. The van der Waals surface area contributed by atoms with Crippen molar-refractivity contribution < 1.29 is 18.8 Å². The second-order valence-electron chi connectivity index (χ2n) is 10.5. The number of para-hydroxylation sites is 1. The number of carbonyl (C=O) groups is 3. The number of nitrogens with one attached hydrogen (secondary N) is 2. The number of fused-ring (bicyclic) bond motifs is 3. The molecule has 4 aromatic rings. The number of likely N-dealkylation sites (tertiary alicyclic amines) is 1. The van der Waals surface area contributed by atoms with Gasteiger partial charge in [0, 0.05) is 35.3 Å². The number of amides is 3. The maximum Gasteiger partial charge on any atom is 0.271 e. The summed E-state index contributed by atoms with van der Waals surface area (Å²) in [5.74, 6) is -1.95. The highest BCUT2D eigenvalue weighted by Gasteiger charge is 2.69. The molecule has 1 aliphatic carbocycles. The van der Waals surface area contributed by atoms with Crippen molar-refractivity contribution in [3.63, 3.8) is 0 Å². The predicted molar refractivity (Wildman–Crippen MR) is 136 cm³/mol. The number of hydrogen-bond acceptors (Lipinski definition) is 4. The molecule has 0 bridgehead atoms. The molecule has 6 rings (SSSR count). The Labute approximate surface area is 212 Å². The van der Waals surface area contributed by atoms with Crippen molar-refractivity contribution in [1.82, 2.24) is 20.2 Å². The Kier molecular flexibility index (Phi) is 5.08. The average molecular weight is 500 g/mol. The molecule has 1 aliphatic heterocycles. The van der Waals surface area contributed by atoms with Gasteiger partial charge in [0.25, 0.3) is 5.91 Å². The molecule has 4 atom stereocenters. The molecule has 37 heavy (non-hydrogen) atoms. The van der Waals surface area contributed by atoms with E-state index in [9.17, 15) is 18.8 Å². The summed E-state index contributed by atoms with van der Waals surface area (Å²) in [5.41, 5.74) is 6.56. The Morgan fingerprint density at radius 1 is 1.14 bits per heavy atom. The maximum atomic E-state index is 14.2. The van der Waals surface area contributed by atoms with Crippen molar-refractivity contribution in [2.24, 2.45) is 23.0 Å². The molecule has 3 heterocycles. The van der Waals surface area contributed by atoms with Crippen LogP contribution in [0.15, 0.2) is 60.9 Å². The molecule has 2 aliphatic rings. The summed E-state index contributed by atoms with van der Waals surface area (Å²) in [5, 5.41) is 4.96. The van der Waals surface area contributed by atoms with Crippen LogP contribution in [0, 0.1) is 23.1 Å². The van der Waals surface area contributed by atoms with Gasteiger partial charge < -0.3 is 20.9 Å². The zero-order valence-electron chi connectivity index (χ0n) is 20.4. The van der Waals surface area contributed by atoms with E-state index in [0.717, 1.165) is 10.8 Å². The third-order valence-electron chi connectivity index (χ3n) is 8.15. The molecule has 2 aromatic heterocycles. The number of aromatic amines is 1. The summed E-state index contributed by atoms with van der Waals surface area (Å²) in [6, 6.07) is 11.7. The van der Waals surface area contributed by atoms with Crippen molar-refractivity contribution in [3.8, 4) is 0 Å². The quantitative estimate of drug-likeness (QED) is 0.390. The van der Waals surface area contributed by atoms with Gasteiger partial charge in [0.2, 0.25) is 11.8 Å². The Bertz CT molecular complexity index is 1590. The molecule has 0 spiro atoms. The number of rotatable bonds is 5. The minimum Gasteiger partial charge on any atom is -0.368 e. The van der Waals surface area contributed by atoms with Gasteiger partial charge in [0.05, 0.1) is 5.52 Å². The van der Waals surface area contributed by atoms with Gasteiger partial charge in [-0.1, -0.05) is 50.2 Å². The lowest BCUT2D eigenvalue weighted by Gasteiger charge is -2.31. The molecule has 1 unspecified atom stereocenters. The van der Waals surface area contributed by atoms with E-state index in [1.54, 1.807) is 24.4 Å². The minimum atomic E-state index is -1.12. The number of pyridine rings is 1. The van der Waals surface area contributed by atoms with Crippen LogP contribution in [0.2, 0.25) is 0 Å². The Morgan fingerprint density at radius 3 is 2.65 bits per heavy atom. The highest BCUT2D eigenvalue weighted by atomic mass is 19.1. The summed E-state index contributed by atoms with van der Waals surface area (Å²) in [6.45, 7) is 4.54. The van der Waals surface area contributed by atoms with E-state index in [4.69, 9.17) is 5.73 Å². The van der Waals surface area contributed by atoms with Crippen molar-refractivity contribution in [2.75, 3.05) is 6.54 Å². The SMILES string of the molecule is CC1(C)[C@@H]2[C@@H](C(=O)NC(C(N)=O)c3cncc4ccccc34)N(C(=O)c3cc4cccc(F)c4[nH]3)C[C@@H]21. The van der Waals surface area contributed by atoms with E-state index in [2.05, 4.69) is 29.1 Å². The normalized spacial score (nSPS) is 22.6. The predicted octanol–water partition coefficient (Wildman–Crippen LogP) is 3.29. The van der Waals surface area contributed by atoms with Crippen LogP contribution in [0.25, 0.3) is 21.7 Å². The number of nitrogens with two attached hydrogens (primary N) is 1. The first-order valence-electron chi connectivity index (χ1n) is 12.2. The zero-order valence-corrected chi connectivity index (χ0v) is 20.4. The maximum absolute atomic E-state index is 14.2. The molecule has 3 amide bonds. The number of hydrogen-bond donors (Lipinski definition) is 3. The van der Waals surface area contributed by atoms with Crippen LogP contribution in [0.4, 0.5) is 4.39 Å². The Hall–Kier alpha value is -4.27. The van der Waals surface area contributed by atoms with Crippen LogP contribution in [0.1, 0.15) is 35.9 Å². The van der Waals surface area contributed by atoms with Crippen LogP contribution in [-0.4, -0.2) is 45.2 Å². The van der Waals surface area contributed by atoms with Crippen LogP contribution < -0.4 is 11.1 Å². The Balaban J connectivity index is 1.33. The summed E-state index contributed by atoms with van der Waals surface area (Å²) in [6.07, 6.45) is 3.20. The fourth-order valence-electron chi connectivity index (χ4n) is 6.08. The van der Waals surface area contributed by atoms with Gasteiger partial charge in [-0.05, 0) is 34.8 Å². The lowest BCUT2D eigenvalue weighted by atomic mass is 9.98. The third-order valence-corrected chi connectivity index (χ3v) is 8.15. The van der Waals surface area contributed by atoms with Gasteiger partial charge in [0.15, 0.2) is 0 Å². The van der Waals surface area contributed by atoms with Crippen LogP contribution >= 0.6 is 0 Å². The first-order valence-corrected chi connectivity index (χ1v) is 12.2. The van der Waals surface area contributed by atoms with Crippen molar-refractivity contribution >= 4 is 39.4 Å². The summed E-state index contributed by atoms with van der Waals surface area (Å²) in [7, 11) is 0. The van der Waals surface area contributed by atoms with E-state index in [-0.39, 0.29) is 34.4 Å². The smallest absolute Gasteiger partial charge is 0.271 e. The second-order valence-corrected chi connectivity index (χ2v) is 10.5. The molecule has 8 nitrogen and oxygen atoms in total. The number of carbonyl (C=O) groups excluding carboxylic acids is 3. The highest BCUT2D eigenvalue weighted by molar-refractivity contribution is 6.02. The number of benzene rings is 2. The molecule has 2 fully saturated rings. The van der Waals surface area contributed by atoms with Crippen molar-refractivity contribution in [2.45, 2.75) is 25.9 Å². The molecule has 0 radical (unpaired) electrons. The largest absolute Gasteiger partial charge is 0.368 e. The number of H-pyrrole nitrogens is 1. The van der Waals surface area contributed by atoms with E-state index < -0.39 is 29.7 Å². The zero-order chi connectivity index (χ0) is 26.1. The standard InChI is InChI=1S/C28H26FN5O3/c1-28(2)18-13-34(27(37)20-10-14-7-5-9-19(29)22(14)32-20)24(21(18)28)26(36)33-23(25(30)35)17-12-31-11-15-6-3-4-8-16(15)17/h3-12,18,21,23-24,32H,13H2,1-2H3,(H2,30,35)(H,33,36)/t18-,21-,23?,24-/m0/s1. The van der Waals surface area contributed by atoms with Gasteiger partial charge in [-0.2, -0.15) is 0 Å². The lowest BCUT2D eigenvalue weighted by molar-refractivity contribution is -0.130. The summed E-state index contributed by atoms with van der Waals surface area (Å²) >= 11 is 0. The number of nitrogens with zero attached hydrogens (tertiary/aromatic N) is 2. The molecule has 4 N–H and O–H groups in total. The van der Waals surface area contributed by atoms with E-state index in [1.807, 2.05) is 24.3 Å². The lowest BCUT2D eigenvalue weighted by Crippen LogP contribution is -2.52. The molecular formula is C28H26FN5O3. The highest BCUT2D eigenvalue weighted by Crippen LogP contribution is 2.65. The third kappa shape index (κ3) is 3.56. The van der Waals surface area contributed by atoms with Crippen LogP contribution in [0.5, 0.6) is 0 Å².